The van der Waals surface area contributed by atoms with Crippen molar-refractivity contribution in [2.75, 3.05) is 0 Å². The number of rotatable bonds is 3. The third-order valence-electron chi connectivity index (χ3n) is 2.79. The number of nitrogens with zero attached hydrogens (tertiary/aromatic N) is 5. The number of nitro groups is 2. The van der Waals surface area contributed by atoms with Gasteiger partial charge in [0.25, 0.3) is 0 Å². The highest BCUT2D eigenvalue weighted by atomic mass is 16.6. The first-order valence-corrected chi connectivity index (χ1v) is 5.81. The Bertz CT molecular complexity index is 655. The summed E-state index contributed by atoms with van der Waals surface area (Å²) in [5.41, 5.74) is -0.0376. The van der Waals surface area contributed by atoms with E-state index in [4.69, 9.17) is 0 Å². The van der Waals surface area contributed by atoms with Gasteiger partial charge in [0.15, 0.2) is 0 Å². The number of Topliss-reactive ketones (excluding diaryl/α,β-unsaturated/α-hetero) is 1. The molecule has 1 fully saturated rings. The fraction of sp³-hybridized carbons (Fsp3) is 0.300. The highest BCUT2D eigenvalue weighted by Crippen LogP contribution is 2.28. The first-order valence-electron chi connectivity index (χ1n) is 5.81. The summed E-state index contributed by atoms with van der Waals surface area (Å²) in [6, 6.07) is 0.0289. The third-order valence-corrected chi connectivity index (χ3v) is 2.79. The van der Waals surface area contributed by atoms with E-state index in [0.717, 1.165) is 6.20 Å². The van der Waals surface area contributed by atoms with Crippen LogP contribution in [0.2, 0.25) is 0 Å². The number of ketones is 1. The molecule has 0 unspecified atom stereocenters. The van der Waals surface area contributed by atoms with Crippen LogP contribution in [-0.4, -0.2) is 35.6 Å². The molecule has 2 heterocycles. The normalized spacial score (nSPS) is 14.0. The molecule has 2 aromatic rings. The molecule has 11 heteroatoms. The first-order chi connectivity index (χ1) is 9.97. The Hall–Kier alpha value is -3.11. The zero-order valence-corrected chi connectivity index (χ0v) is 10.6. The second kappa shape index (κ2) is 5.90. The maximum atomic E-state index is 10.6. The summed E-state index contributed by atoms with van der Waals surface area (Å²) in [5, 5.41) is 29.6. The summed E-state index contributed by atoms with van der Waals surface area (Å²) in [6.45, 7) is 0. The Morgan fingerprint density at radius 3 is 2.24 bits per heavy atom. The number of H-pyrrole nitrogens is 1. The van der Waals surface area contributed by atoms with E-state index in [-0.39, 0.29) is 23.2 Å². The summed E-state index contributed by atoms with van der Waals surface area (Å²) in [4.78, 5) is 29.7. The van der Waals surface area contributed by atoms with E-state index < -0.39 is 9.85 Å². The highest BCUT2D eigenvalue weighted by Gasteiger charge is 2.29. The average Bonchev–Trinajstić information content (AvgIpc) is 3.07. The second-order valence-electron chi connectivity index (χ2n) is 4.25. The molecular formula is C10H10N6O5. The number of hydrogen-bond acceptors (Lipinski definition) is 7. The molecule has 1 aliphatic carbocycles. The molecular weight excluding hydrogens is 284 g/mol. The fourth-order valence-electron chi connectivity index (χ4n) is 1.62. The molecule has 2 aromatic heterocycles. The van der Waals surface area contributed by atoms with Crippen molar-refractivity contribution in [3.8, 4) is 0 Å². The van der Waals surface area contributed by atoms with Crippen molar-refractivity contribution < 1.29 is 14.6 Å². The van der Waals surface area contributed by atoms with Gasteiger partial charge in [0.1, 0.15) is 24.4 Å². The highest BCUT2D eigenvalue weighted by molar-refractivity contribution is 5.85. The van der Waals surface area contributed by atoms with E-state index in [9.17, 15) is 25.0 Å². The molecule has 0 amide bonds. The molecule has 0 aromatic carbocycles. The van der Waals surface area contributed by atoms with Gasteiger partial charge in [0.05, 0.1) is 22.1 Å². The van der Waals surface area contributed by atoms with E-state index in [2.05, 4.69) is 15.3 Å². The number of hydrogen-bond donors (Lipinski definition) is 1. The van der Waals surface area contributed by atoms with Crippen LogP contribution in [0.5, 0.6) is 0 Å². The molecule has 11 nitrogen and oxygen atoms in total. The predicted octanol–water partition coefficient (Wildman–Crippen LogP) is 1.01. The molecule has 0 atom stereocenters. The van der Waals surface area contributed by atoms with Gasteiger partial charge in [-0.2, -0.15) is 10.2 Å². The molecule has 0 saturated heterocycles. The summed E-state index contributed by atoms with van der Waals surface area (Å²) in [5.74, 6) is 0.183. The quantitative estimate of drug-likeness (QED) is 0.655. The first kappa shape index (κ1) is 14.3. The van der Waals surface area contributed by atoms with Crippen molar-refractivity contribution in [1.82, 2.24) is 20.0 Å². The largest absolute Gasteiger partial charge is 0.307 e. The van der Waals surface area contributed by atoms with Crippen molar-refractivity contribution in [3.63, 3.8) is 0 Å². The minimum Gasteiger partial charge on any atom is -0.300 e. The van der Waals surface area contributed by atoms with Gasteiger partial charge in [-0.15, -0.1) is 0 Å². The van der Waals surface area contributed by atoms with Crippen LogP contribution in [-0.2, 0) is 4.79 Å². The van der Waals surface area contributed by atoms with Gasteiger partial charge in [-0.05, 0) is 0 Å². The molecule has 0 aliphatic heterocycles. The molecule has 1 N–H and O–H groups in total. The topological polar surface area (TPSA) is 150 Å². The summed E-state index contributed by atoms with van der Waals surface area (Å²) >= 11 is 0. The molecule has 3 rings (SSSR count). The maximum absolute atomic E-state index is 10.6. The number of aromatic nitrogens is 4. The standard InChI is InChI=1S/C7H7N3O3.C3H3N3O2/c11-7-1-5(2-7)9-4-6(3-8-9)10(12)13;7-6(8)3-1-4-5-2-3/h3-5H,1-2H2;1-2H,(H,4,5). The predicted molar refractivity (Wildman–Crippen MR) is 67.4 cm³/mol. The smallest absolute Gasteiger partial charge is 0.300 e. The number of aromatic amines is 1. The Labute approximate surface area is 116 Å². The van der Waals surface area contributed by atoms with Gasteiger partial charge in [0, 0.05) is 12.8 Å². The molecule has 0 bridgehead atoms. The molecule has 1 saturated carbocycles. The Morgan fingerprint density at radius 2 is 1.86 bits per heavy atom. The Morgan fingerprint density at radius 1 is 1.19 bits per heavy atom. The zero-order valence-electron chi connectivity index (χ0n) is 10.6. The second-order valence-corrected chi connectivity index (χ2v) is 4.25. The van der Waals surface area contributed by atoms with E-state index in [1.165, 1.54) is 23.3 Å². The summed E-state index contributed by atoms with van der Waals surface area (Å²) < 4.78 is 1.49. The van der Waals surface area contributed by atoms with E-state index in [0.29, 0.717) is 12.8 Å². The van der Waals surface area contributed by atoms with Crippen molar-refractivity contribution in [3.05, 3.63) is 45.0 Å². The Kier molecular flexibility index (Phi) is 4.02. The molecule has 21 heavy (non-hydrogen) atoms. The van der Waals surface area contributed by atoms with Gasteiger partial charge >= 0.3 is 11.4 Å². The van der Waals surface area contributed by atoms with Crippen LogP contribution in [0.25, 0.3) is 0 Å². The lowest BCUT2D eigenvalue weighted by Gasteiger charge is -2.23. The SMILES string of the molecule is O=C1CC(n2cc([N+](=O)[O-])cn2)C1.O=[N+]([O-])c1cn[nH]c1. The third kappa shape index (κ3) is 3.46. The van der Waals surface area contributed by atoms with Crippen LogP contribution in [0.3, 0.4) is 0 Å². The van der Waals surface area contributed by atoms with E-state index >= 15 is 0 Å². The number of nitrogens with one attached hydrogen (secondary N) is 1. The van der Waals surface area contributed by atoms with Crippen molar-refractivity contribution in [2.24, 2.45) is 0 Å². The number of carbonyl (C=O) groups excluding carboxylic acids is 1. The van der Waals surface area contributed by atoms with Crippen LogP contribution in [0.1, 0.15) is 18.9 Å². The minimum atomic E-state index is -0.510. The van der Waals surface area contributed by atoms with Gasteiger partial charge in [-0.3, -0.25) is 34.8 Å². The molecule has 110 valence electrons. The van der Waals surface area contributed by atoms with Crippen LogP contribution in [0.15, 0.2) is 24.8 Å². The summed E-state index contributed by atoms with van der Waals surface area (Å²) in [6.07, 6.45) is 5.82. The zero-order chi connectivity index (χ0) is 15.4. The molecule has 0 radical (unpaired) electrons. The van der Waals surface area contributed by atoms with Crippen LogP contribution >= 0.6 is 0 Å². The minimum absolute atomic E-state index is 0.00926. The van der Waals surface area contributed by atoms with Crippen LogP contribution < -0.4 is 0 Å². The van der Waals surface area contributed by atoms with Gasteiger partial charge in [0.2, 0.25) is 0 Å². The lowest BCUT2D eigenvalue weighted by molar-refractivity contribution is -0.385. The van der Waals surface area contributed by atoms with Crippen molar-refractivity contribution in [1.29, 1.82) is 0 Å². The number of carbonyl (C=O) groups is 1. The molecule has 1 aliphatic rings. The van der Waals surface area contributed by atoms with Crippen molar-refractivity contribution >= 4 is 17.2 Å². The monoisotopic (exact) mass is 294 g/mol. The Balaban J connectivity index is 0.000000173. The maximum Gasteiger partial charge on any atom is 0.307 e. The molecule has 0 spiro atoms. The van der Waals surface area contributed by atoms with E-state index in [1.807, 2.05) is 0 Å². The summed E-state index contributed by atoms with van der Waals surface area (Å²) in [7, 11) is 0. The van der Waals surface area contributed by atoms with Crippen molar-refractivity contribution in [2.45, 2.75) is 18.9 Å². The van der Waals surface area contributed by atoms with Gasteiger partial charge in [-0.25, -0.2) is 0 Å². The lowest BCUT2D eigenvalue weighted by Crippen LogP contribution is -2.26. The van der Waals surface area contributed by atoms with Crippen LogP contribution in [0.4, 0.5) is 11.4 Å². The fourth-order valence-corrected chi connectivity index (χ4v) is 1.62. The van der Waals surface area contributed by atoms with E-state index in [1.54, 1.807) is 0 Å². The lowest BCUT2D eigenvalue weighted by atomic mass is 9.92. The average molecular weight is 294 g/mol. The van der Waals surface area contributed by atoms with Crippen LogP contribution in [0, 0.1) is 20.2 Å². The van der Waals surface area contributed by atoms with Gasteiger partial charge in [-0.1, -0.05) is 0 Å². The van der Waals surface area contributed by atoms with Gasteiger partial charge < -0.3 is 0 Å².